The van der Waals surface area contributed by atoms with Gasteiger partial charge in [-0.25, -0.2) is 12.7 Å². The van der Waals surface area contributed by atoms with Crippen molar-refractivity contribution in [3.8, 4) is 0 Å². The molecule has 0 saturated carbocycles. The average molecular weight is 520 g/mol. The van der Waals surface area contributed by atoms with E-state index in [4.69, 9.17) is 11.6 Å². The minimum absolute atomic E-state index is 0.244. The highest BCUT2D eigenvalue weighted by Crippen LogP contribution is 2.30. The van der Waals surface area contributed by atoms with Gasteiger partial charge in [-0.3, -0.25) is 4.90 Å². The lowest BCUT2D eigenvalue weighted by Gasteiger charge is -2.40. The molecular weight excluding hydrogens is 478 g/mol. The zero-order chi connectivity index (χ0) is 25.1. The monoisotopic (exact) mass is 519 g/mol. The third-order valence-corrected chi connectivity index (χ3v) is 9.19. The van der Waals surface area contributed by atoms with Gasteiger partial charge in [-0.05, 0) is 49.1 Å². The number of hydrogen-bond acceptors (Lipinski definition) is 4. The van der Waals surface area contributed by atoms with Gasteiger partial charge in [-0.1, -0.05) is 80.3 Å². The van der Waals surface area contributed by atoms with E-state index in [-0.39, 0.29) is 11.8 Å². The van der Waals surface area contributed by atoms with Crippen molar-refractivity contribution in [3.05, 3.63) is 70.7 Å². The van der Waals surface area contributed by atoms with Crippen LogP contribution in [0.5, 0.6) is 0 Å². The molecule has 1 aliphatic heterocycles. The Kier molecular flexibility index (Phi) is 11.5. The maximum absolute atomic E-state index is 12.3. The Morgan fingerprint density at radius 1 is 0.857 bits per heavy atom. The van der Waals surface area contributed by atoms with E-state index in [2.05, 4.69) is 59.2 Å². The molecule has 7 heteroatoms. The van der Waals surface area contributed by atoms with Crippen LogP contribution in [0.15, 0.2) is 54.6 Å². The second-order valence-electron chi connectivity index (χ2n) is 9.65. The standard InChI is InChI=1S/C28H42ClN3O2S/c1-3-4-18-30(2)35(33,34)24-11-6-5-10-19-31-20-22-32(23-21-31)28(25-12-8-7-9-13-25)26-14-16-27(29)17-15-26/h7-9,12-17,28H,3-6,10-11,18-24H2,1-2H3. The first kappa shape index (κ1) is 28.1. The lowest BCUT2D eigenvalue weighted by atomic mass is 9.96. The van der Waals surface area contributed by atoms with Crippen LogP contribution >= 0.6 is 11.6 Å². The molecule has 2 aromatic rings. The van der Waals surface area contributed by atoms with Gasteiger partial charge in [0, 0.05) is 44.8 Å². The highest BCUT2D eigenvalue weighted by atomic mass is 35.5. The third kappa shape index (κ3) is 8.87. The molecule has 3 rings (SSSR count). The van der Waals surface area contributed by atoms with Crippen molar-refractivity contribution >= 4 is 21.6 Å². The quantitative estimate of drug-likeness (QED) is 0.302. The number of hydrogen-bond donors (Lipinski definition) is 0. The van der Waals surface area contributed by atoms with Crippen LogP contribution in [0.3, 0.4) is 0 Å². The molecule has 2 aromatic carbocycles. The Hall–Kier alpha value is -1.44. The second kappa shape index (κ2) is 14.3. The van der Waals surface area contributed by atoms with E-state index in [9.17, 15) is 8.42 Å². The molecule has 0 amide bonds. The van der Waals surface area contributed by atoms with Crippen LogP contribution in [0, 0.1) is 0 Å². The smallest absolute Gasteiger partial charge is 0.213 e. The number of unbranched alkanes of at least 4 members (excludes halogenated alkanes) is 4. The van der Waals surface area contributed by atoms with Crippen molar-refractivity contribution in [2.75, 3.05) is 52.1 Å². The average Bonchev–Trinajstić information content (AvgIpc) is 2.87. The van der Waals surface area contributed by atoms with E-state index in [1.165, 1.54) is 15.4 Å². The van der Waals surface area contributed by atoms with Crippen molar-refractivity contribution in [1.29, 1.82) is 0 Å². The van der Waals surface area contributed by atoms with Crippen LogP contribution in [0.25, 0.3) is 0 Å². The summed E-state index contributed by atoms with van der Waals surface area (Å²) in [7, 11) is -1.38. The predicted molar refractivity (Wildman–Crippen MR) is 148 cm³/mol. The van der Waals surface area contributed by atoms with Gasteiger partial charge in [0.05, 0.1) is 11.8 Å². The Balaban J connectivity index is 1.41. The summed E-state index contributed by atoms with van der Waals surface area (Å²) in [5.41, 5.74) is 2.60. The van der Waals surface area contributed by atoms with Crippen molar-refractivity contribution in [1.82, 2.24) is 14.1 Å². The van der Waals surface area contributed by atoms with Crippen LogP contribution in [-0.4, -0.2) is 74.6 Å². The summed E-state index contributed by atoms with van der Waals surface area (Å²) in [5, 5.41) is 0.770. The minimum Gasteiger partial charge on any atom is -0.301 e. The molecule has 0 N–H and O–H groups in total. The van der Waals surface area contributed by atoms with Crippen molar-refractivity contribution in [2.24, 2.45) is 0 Å². The van der Waals surface area contributed by atoms with Crippen molar-refractivity contribution in [2.45, 2.75) is 51.5 Å². The SMILES string of the molecule is CCCCN(C)S(=O)(=O)CCCCCCN1CCN(C(c2ccccc2)c2ccc(Cl)cc2)CC1. The Bertz CT molecular complexity index is 961. The maximum Gasteiger partial charge on any atom is 0.213 e. The zero-order valence-electron chi connectivity index (χ0n) is 21.4. The van der Waals surface area contributed by atoms with Crippen LogP contribution in [0.2, 0.25) is 5.02 Å². The van der Waals surface area contributed by atoms with Gasteiger partial charge in [0.1, 0.15) is 0 Å². The van der Waals surface area contributed by atoms with E-state index in [0.717, 1.165) is 76.3 Å². The van der Waals surface area contributed by atoms with E-state index >= 15 is 0 Å². The topological polar surface area (TPSA) is 43.9 Å². The first-order chi connectivity index (χ1) is 16.9. The highest BCUT2D eigenvalue weighted by molar-refractivity contribution is 7.89. The molecule has 1 unspecified atom stereocenters. The fraction of sp³-hybridized carbons (Fsp3) is 0.571. The normalized spacial score (nSPS) is 16.6. The summed E-state index contributed by atoms with van der Waals surface area (Å²) in [6.07, 6.45) is 5.90. The lowest BCUT2D eigenvalue weighted by molar-refractivity contribution is 0.108. The lowest BCUT2D eigenvalue weighted by Crippen LogP contribution is -2.48. The van der Waals surface area contributed by atoms with Gasteiger partial charge in [-0.2, -0.15) is 0 Å². The third-order valence-electron chi connectivity index (χ3n) is 7.00. The Morgan fingerprint density at radius 2 is 1.49 bits per heavy atom. The van der Waals surface area contributed by atoms with Gasteiger partial charge >= 0.3 is 0 Å². The molecule has 1 atom stereocenters. The number of benzene rings is 2. The summed E-state index contributed by atoms with van der Waals surface area (Å²) >= 11 is 6.15. The van der Waals surface area contributed by atoms with Crippen molar-refractivity contribution in [3.63, 3.8) is 0 Å². The van der Waals surface area contributed by atoms with Crippen LogP contribution in [0.1, 0.15) is 62.6 Å². The van der Waals surface area contributed by atoms with Gasteiger partial charge in [0.2, 0.25) is 10.0 Å². The molecule has 194 valence electrons. The van der Waals surface area contributed by atoms with Gasteiger partial charge in [-0.15, -0.1) is 0 Å². The molecule has 0 aliphatic carbocycles. The number of halogens is 1. The second-order valence-corrected chi connectivity index (χ2v) is 12.3. The first-order valence-corrected chi connectivity index (χ1v) is 15.1. The van der Waals surface area contributed by atoms with E-state index in [1.807, 2.05) is 12.1 Å². The Labute approximate surface area is 218 Å². The predicted octanol–water partition coefficient (Wildman–Crippen LogP) is 5.67. The fourth-order valence-corrected chi connectivity index (χ4v) is 6.20. The molecule has 1 aliphatic rings. The number of rotatable bonds is 14. The van der Waals surface area contributed by atoms with Crippen molar-refractivity contribution < 1.29 is 8.42 Å². The number of nitrogens with zero attached hydrogens (tertiary/aromatic N) is 3. The molecule has 0 radical (unpaired) electrons. The Morgan fingerprint density at radius 3 is 2.14 bits per heavy atom. The molecule has 1 heterocycles. The zero-order valence-corrected chi connectivity index (χ0v) is 23.0. The fourth-order valence-electron chi connectivity index (χ4n) is 4.79. The van der Waals surface area contributed by atoms with Gasteiger partial charge < -0.3 is 4.90 Å². The molecule has 0 aromatic heterocycles. The first-order valence-electron chi connectivity index (χ1n) is 13.1. The van der Waals surface area contributed by atoms with Gasteiger partial charge in [0.25, 0.3) is 0 Å². The van der Waals surface area contributed by atoms with Gasteiger partial charge in [0.15, 0.2) is 0 Å². The summed E-state index contributed by atoms with van der Waals surface area (Å²) in [5.74, 6) is 0.275. The van der Waals surface area contributed by atoms with E-state index < -0.39 is 10.0 Å². The van der Waals surface area contributed by atoms with E-state index in [0.29, 0.717) is 6.54 Å². The molecule has 5 nitrogen and oxygen atoms in total. The number of piperazine rings is 1. The summed E-state index contributed by atoms with van der Waals surface area (Å²) in [6.45, 7) is 8.00. The van der Waals surface area contributed by atoms with Crippen LogP contribution in [0.4, 0.5) is 0 Å². The summed E-state index contributed by atoms with van der Waals surface area (Å²) < 4.78 is 26.2. The van der Waals surface area contributed by atoms with Crippen LogP contribution in [-0.2, 0) is 10.0 Å². The largest absolute Gasteiger partial charge is 0.301 e. The maximum atomic E-state index is 12.3. The molecule has 0 spiro atoms. The minimum atomic E-state index is -3.09. The summed E-state index contributed by atoms with van der Waals surface area (Å²) in [4.78, 5) is 5.13. The van der Waals surface area contributed by atoms with Crippen LogP contribution < -0.4 is 0 Å². The molecule has 0 bridgehead atoms. The van der Waals surface area contributed by atoms with E-state index in [1.54, 1.807) is 7.05 Å². The molecule has 35 heavy (non-hydrogen) atoms. The highest BCUT2D eigenvalue weighted by Gasteiger charge is 2.26. The molecule has 1 saturated heterocycles. The number of sulfonamides is 1. The summed E-state index contributed by atoms with van der Waals surface area (Å²) in [6, 6.07) is 19.2. The molecule has 1 fully saturated rings. The molecular formula is C28H42ClN3O2S.